The third-order valence-corrected chi connectivity index (χ3v) is 6.76. The van der Waals surface area contributed by atoms with Crippen molar-refractivity contribution in [1.82, 2.24) is 15.0 Å². The molecule has 1 aliphatic heterocycles. The summed E-state index contributed by atoms with van der Waals surface area (Å²) >= 11 is 0. The Hall–Kier alpha value is -2.77. The molecular formula is C21H24N4O4. The molecule has 2 heterocycles. The first kappa shape index (κ1) is 18.3. The van der Waals surface area contributed by atoms with Gasteiger partial charge in [0.15, 0.2) is 5.82 Å². The summed E-state index contributed by atoms with van der Waals surface area (Å²) in [5, 5.41) is 15.2. The summed E-state index contributed by atoms with van der Waals surface area (Å²) in [4.78, 5) is 30.1. The number of hydrogen-bond acceptors (Lipinski definition) is 6. The SMILES string of the molecule is O=C(Cc1cccc([N+](=O)[O-])c1)N1C[C@H]2CCC[C@@]2(c2nc(CC3CC3)no2)C1. The van der Waals surface area contributed by atoms with E-state index in [0.717, 1.165) is 31.5 Å². The molecule has 152 valence electrons. The van der Waals surface area contributed by atoms with Crippen molar-refractivity contribution < 1.29 is 14.2 Å². The van der Waals surface area contributed by atoms with Crippen LogP contribution in [0.4, 0.5) is 5.69 Å². The molecule has 1 aromatic heterocycles. The van der Waals surface area contributed by atoms with E-state index in [9.17, 15) is 14.9 Å². The lowest BCUT2D eigenvalue weighted by atomic mass is 9.80. The van der Waals surface area contributed by atoms with Gasteiger partial charge in [0, 0.05) is 31.6 Å². The molecule has 8 heteroatoms. The van der Waals surface area contributed by atoms with Crippen LogP contribution in [0.5, 0.6) is 0 Å². The minimum Gasteiger partial charge on any atom is -0.341 e. The first-order valence-electron chi connectivity index (χ1n) is 10.4. The van der Waals surface area contributed by atoms with Crippen molar-refractivity contribution in [1.29, 1.82) is 0 Å². The molecule has 29 heavy (non-hydrogen) atoms. The van der Waals surface area contributed by atoms with E-state index in [1.165, 1.54) is 25.0 Å². The van der Waals surface area contributed by atoms with Crippen molar-refractivity contribution in [3.63, 3.8) is 0 Å². The zero-order valence-electron chi connectivity index (χ0n) is 16.2. The Morgan fingerprint density at radius 2 is 2.21 bits per heavy atom. The Bertz CT molecular complexity index is 954. The number of likely N-dealkylation sites (tertiary alicyclic amines) is 1. The highest BCUT2D eigenvalue weighted by Crippen LogP contribution is 2.50. The first-order valence-corrected chi connectivity index (χ1v) is 10.4. The van der Waals surface area contributed by atoms with Crippen LogP contribution in [-0.2, 0) is 23.1 Å². The van der Waals surface area contributed by atoms with Gasteiger partial charge in [0.25, 0.3) is 5.69 Å². The highest BCUT2D eigenvalue weighted by Gasteiger charge is 2.55. The molecule has 2 atom stereocenters. The molecule has 5 rings (SSSR count). The molecule has 3 aliphatic rings. The Morgan fingerprint density at radius 3 is 3.00 bits per heavy atom. The lowest BCUT2D eigenvalue weighted by Crippen LogP contribution is -2.35. The Morgan fingerprint density at radius 1 is 1.34 bits per heavy atom. The van der Waals surface area contributed by atoms with Crippen molar-refractivity contribution in [3.8, 4) is 0 Å². The maximum atomic E-state index is 12.9. The van der Waals surface area contributed by atoms with Gasteiger partial charge in [-0.1, -0.05) is 23.7 Å². The molecule has 0 radical (unpaired) electrons. The molecule has 2 saturated carbocycles. The van der Waals surface area contributed by atoms with E-state index in [2.05, 4.69) is 5.16 Å². The van der Waals surface area contributed by atoms with Crippen LogP contribution >= 0.6 is 0 Å². The molecule has 1 amide bonds. The zero-order valence-corrected chi connectivity index (χ0v) is 16.2. The fourth-order valence-corrected chi connectivity index (χ4v) is 5.01. The minimum atomic E-state index is -0.433. The smallest absolute Gasteiger partial charge is 0.269 e. The van der Waals surface area contributed by atoms with Crippen LogP contribution < -0.4 is 0 Å². The zero-order chi connectivity index (χ0) is 20.0. The van der Waals surface area contributed by atoms with Crippen LogP contribution in [0.15, 0.2) is 28.8 Å². The molecule has 1 saturated heterocycles. The van der Waals surface area contributed by atoms with Crippen molar-refractivity contribution >= 4 is 11.6 Å². The number of nitro benzene ring substituents is 1. The Balaban J connectivity index is 1.31. The average Bonchev–Trinajstić information content (AvgIpc) is 3.08. The van der Waals surface area contributed by atoms with Gasteiger partial charge in [-0.15, -0.1) is 0 Å². The molecule has 0 spiro atoms. The predicted octanol–water partition coefficient (Wildman–Crippen LogP) is 3.05. The normalized spacial score (nSPS) is 25.9. The van der Waals surface area contributed by atoms with Crippen molar-refractivity contribution in [3.05, 3.63) is 51.7 Å². The fourth-order valence-electron chi connectivity index (χ4n) is 5.01. The molecule has 2 aliphatic carbocycles. The number of nitro groups is 1. The second-order valence-electron chi connectivity index (χ2n) is 8.79. The van der Waals surface area contributed by atoms with Gasteiger partial charge in [-0.05, 0) is 43.1 Å². The molecule has 0 unspecified atom stereocenters. The van der Waals surface area contributed by atoms with Gasteiger partial charge in [-0.3, -0.25) is 14.9 Å². The Kier molecular flexibility index (Phi) is 4.37. The summed E-state index contributed by atoms with van der Waals surface area (Å²) in [6.45, 7) is 1.28. The highest BCUT2D eigenvalue weighted by atomic mass is 16.6. The van der Waals surface area contributed by atoms with E-state index in [1.807, 2.05) is 4.90 Å². The summed E-state index contributed by atoms with van der Waals surface area (Å²) in [6, 6.07) is 6.31. The van der Waals surface area contributed by atoms with Crippen molar-refractivity contribution in [2.45, 2.75) is 50.4 Å². The number of nitrogens with zero attached hydrogens (tertiary/aromatic N) is 4. The second kappa shape index (κ2) is 6.93. The standard InChI is InChI=1S/C21H24N4O4/c26-19(11-15-3-1-5-17(9-15)25(27)28)24-12-16-4-2-8-21(16,13-24)20-22-18(23-29-20)10-14-6-7-14/h1,3,5,9,14,16H,2,4,6-8,10-13H2/t16-,21-/m1/s1. The molecule has 3 fully saturated rings. The summed E-state index contributed by atoms with van der Waals surface area (Å²) in [5.41, 5.74) is 0.451. The minimum absolute atomic E-state index is 0.00279. The van der Waals surface area contributed by atoms with E-state index in [4.69, 9.17) is 9.51 Å². The number of hydrogen-bond donors (Lipinski definition) is 0. The first-order chi connectivity index (χ1) is 14.0. The van der Waals surface area contributed by atoms with Gasteiger partial charge in [-0.25, -0.2) is 0 Å². The molecule has 0 bridgehead atoms. The lowest BCUT2D eigenvalue weighted by Gasteiger charge is -2.24. The summed E-state index contributed by atoms with van der Waals surface area (Å²) < 4.78 is 5.70. The number of aromatic nitrogens is 2. The van der Waals surface area contributed by atoms with Crippen LogP contribution in [0.3, 0.4) is 0 Å². The van der Waals surface area contributed by atoms with Gasteiger partial charge in [-0.2, -0.15) is 4.98 Å². The van der Waals surface area contributed by atoms with Gasteiger partial charge in [0.2, 0.25) is 11.8 Å². The van der Waals surface area contributed by atoms with Gasteiger partial charge >= 0.3 is 0 Å². The van der Waals surface area contributed by atoms with Crippen LogP contribution in [0.2, 0.25) is 0 Å². The predicted molar refractivity (Wildman–Crippen MR) is 103 cm³/mol. The molecule has 2 aromatic rings. The summed E-state index contributed by atoms with van der Waals surface area (Å²) in [7, 11) is 0. The maximum Gasteiger partial charge on any atom is 0.269 e. The summed E-state index contributed by atoms with van der Waals surface area (Å²) in [6.07, 6.45) is 6.68. The van der Waals surface area contributed by atoms with Crippen LogP contribution in [0.1, 0.15) is 49.4 Å². The highest BCUT2D eigenvalue weighted by molar-refractivity contribution is 5.79. The van der Waals surface area contributed by atoms with E-state index in [-0.39, 0.29) is 23.4 Å². The molecule has 1 aromatic carbocycles. The van der Waals surface area contributed by atoms with Crippen molar-refractivity contribution in [2.24, 2.45) is 11.8 Å². The maximum absolute atomic E-state index is 12.9. The average molecular weight is 396 g/mol. The quantitative estimate of drug-likeness (QED) is 0.549. The van der Waals surface area contributed by atoms with E-state index < -0.39 is 4.92 Å². The second-order valence-corrected chi connectivity index (χ2v) is 8.79. The number of carbonyl (C=O) groups excluding carboxylic acids is 1. The monoisotopic (exact) mass is 396 g/mol. The molecule has 0 N–H and O–H groups in total. The van der Waals surface area contributed by atoms with E-state index in [1.54, 1.807) is 12.1 Å². The Labute approximate surface area is 168 Å². The van der Waals surface area contributed by atoms with Gasteiger partial charge in [0.1, 0.15) is 0 Å². The fraction of sp³-hybridized carbons (Fsp3) is 0.571. The van der Waals surface area contributed by atoms with E-state index in [0.29, 0.717) is 36.4 Å². The van der Waals surface area contributed by atoms with Gasteiger partial charge < -0.3 is 9.42 Å². The van der Waals surface area contributed by atoms with Crippen molar-refractivity contribution in [2.75, 3.05) is 13.1 Å². The topological polar surface area (TPSA) is 102 Å². The van der Waals surface area contributed by atoms with E-state index >= 15 is 0 Å². The third-order valence-electron chi connectivity index (χ3n) is 6.76. The lowest BCUT2D eigenvalue weighted by molar-refractivity contribution is -0.384. The number of carbonyl (C=O) groups is 1. The van der Waals surface area contributed by atoms with Gasteiger partial charge in [0.05, 0.1) is 16.8 Å². The number of fused-ring (bicyclic) bond motifs is 1. The van der Waals surface area contributed by atoms with Crippen LogP contribution in [0, 0.1) is 22.0 Å². The van der Waals surface area contributed by atoms with Crippen LogP contribution in [-0.4, -0.2) is 39.0 Å². The largest absolute Gasteiger partial charge is 0.341 e. The third kappa shape index (κ3) is 3.41. The molecule has 8 nitrogen and oxygen atoms in total. The number of amides is 1. The summed E-state index contributed by atoms with van der Waals surface area (Å²) in [5.74, 6) is 2.53. The molecular weight excluding hydrogens is 372 g/mol. The number of non-ortho nitro benzene ring substituents is 1. The van der Waals surface area contributed by atoms with Crippen LogP contribution in [0.25, 0.3) is 0 Å². The number of rotatable bonds is 6. The number of benzene rings is 1.